The molecule has 0 atom stereocenters. The summed E-state index contributed by atoms with van der Waals surface area (Å²) in [5.41, 5.74) is 4.12. The first kappa shape index (κ1) is 23.3. The van der Waals surface area contributed by atoms with E-state index in [2.05, 4.69) is 32.5 Å². The third-order valence-electron chi connectivity index (χ3n) is 5.69. The molecule has 2 heterocycles. The van der Waals surface area contributed by atoms with E-state index in [1.165, 1.54) is 17.1 Å². The Hall–Kier alpha value is -2.84. The molecule has 2 aromatic carbocycles. The molecule has 1 N–H and O–H groups in total. The quantitative estimate of drug-likeness (QED) is 0.495. The van der Waals surface area contributed by atoms with Crippen molar-refractivity contribution >= 4 is 23.4 Å². The van der Waals surface area contributed by atoms with Gasteiger partial charge >= 0.3 is 0 Å². The van der Waals surface area contributed by atoms with Gasteiger partial charge in [0.2, 0.25) is 17.6 Å². The van der Waals surface area contributed by atoms with Crippen LogP contribution in [0.15, 0.2) is 47.0 Å². The first-order valence-corrected chi connectivity index (χ1v) is 12.4. The van der Waals surface area contributed by atoms with Crippen molar-refractivity contribution in [1.82, 2.24) is 15.0 Å². The maximum Gasteiger partial charge on any atom is 0.226 e. The Morgan fingerprint density at radius 1 is 1.18 bits per heavy atom. The summed E-state index contributed by atoms with van der Waals surface area (Å²) in [5.74, 6) is 4.26. The van der Waals surface area contributed by atoms with Crippen LogP contribution in [0.5, 0.6) is 5.75 Å². The fraction of sp³-hybridized carbons (Fsp3) is 0.400. The normalized spacial score (nSPS) is 14.2. The molecule has 0 aliphatic carbocycles. The predicted octanol–water partition coefficient (Wildman–Crippen LogP) is 4.56. The molecule has 1 aliphatic rings. The summed E-state index contributed by atoms with van der Waals surface area (Å²) in [6.07, 6.45) is 1.59. The van der Waals surface area contributed by atoms with Crippen LogP contribution in [0.25, 0.3) is 11.4 Å². The van der Waals surface area contributed by atoms with Gasteiger partial charge < -0.3 is 14.6 Å². The summed E-state index contributed by atoms with van der Waals surface area (Å²) < 4.78 is 10.5. The first-order valence-electron chi connectivity index (χ1n) is 11.3. The summed E-state index contributed by atoms with van der Waals surface area (Å²) in [7, 11) is 1.63. The Morgan fingerprint density at radius 2 is 1.97 bits per heavy atom. The number of nitrogens with one attached hydrogen (secondary N) is 1. The van der Waals surface area contributed by atoms with Crippen LogP contribution < -0.4 is 10.1 Å². The topological polar surface area (TPSA) is 80.5 Å². The van der Waals surface area contributed by atoms with Gasteiger partial charge in [0.1, 0.15) is 5.75 Å². The Labute approximate surface area is 198 Å². The number of aromatic nitrogens is 2. The number of nitrogens with zero attached hydrogens (tertiary/aromatic N) is 3. The van der Waals surface area contributed by atoms with Crippen LogP contribution in [-0.2, 0) is 17.8 Å². The molecule has 0 bridgehead atoms. The highest BCUT2D eigenvalue weighted by atomic mass is 32.2. The van der Waals surface area contributed by atoms with E-state index in [9.17, 15) is 4.79 Å². The van der Waals surface area contributed by atoms with Gasteiger partial charge in [0.25, 0.3) is 0 Å². The van der Waals surface area contributed by atoms with Gasteiger partial charge in [0.05, 0.1) is 7.11 Å². The molecule has 1 aliphatic heterocycles. The summed E-state index contributed by atoms with van der Waals surface area (Å²) >= 11 is 2.02. The molecule has 174 valence electrons. The number of benzene rings is 2. The number of hydrogen-bond acceptors (Lipinski definition) is 7. The summed E-state index contributed by atoms with van der Waals surface area (Å²) in [6, 6.07) is 13.8. The van der Waals surface area contributed by atoms with E-state index >= 15 is 0 Å². The van der Waals surface area contributed by atoms with E-state index in [1.807, 2.05) is 49.0 Å². The lowest BCUT2D eigenvalue weighted by Crippen LogP contribution is -2.31. The average molecular weight is 467 g/mol. The van der Waals surface area contributed by atoms with Gasteiger partial charge in [-0.1, -0.05) is 17.3 Å². The number of anilines is 1. The lowest BCUT2D eigenvalue weighted by molar-refractivity contribution is -0.116. The molecule has 3 aromatic rings. The van der Waals surface area contributed by atoms with Crippen molar-refractivity contribution in [3.8, 4) is 17.1 Å². The van der Waals surface area contributed by atoms with E-state index in [-0.39, 0.29) is 5.91 Å². The number of carbonyl (C=O) groups excluding carboxylic acids is 1. The molecule has 0 spiro atoms. The Morgan fingerprint density at radius 3 is 2.70 bits per heavy atom. The van der Waals surface area contributed by atoms with Crippen LogP contribution in [0.3, 0.4) is 0 Å². The van der Waals surface area contributed by atoms with Crippen molar-refractivity contribution < 1.29 is 14.1 Å². The zero-order valence-electron chi connectivity index (χ0n) is 19.2. The van der Waals surface area contributed by atoms with Crippen LogP contribution in [-0.4, -0.2) is 52.7 Å². The van der Waals surface area contributed by atoms with Crippen LogP contribution >= 0.6 is 11.8 Å². The summed E-state index contributed by atoms with van der Waals surface area (Å²) in [5, 5.41) is 7.07. The van der Waals surface area contributed by atoms with Crippen molar-refractivity contribution in [2.24, 2.45) is 0 Å². The van der Waals surface area contributed by atoms with Crippen molar-refractivity contribution in [3.05, 3.63) is 59.5 Å². The molecule has 1 aromatic heterocycles. The molecule has 0 saturated carbocycles. The highest BCUT2D eigenvalue weighted by Crippen LogP contribution is 2.21. The minimum atomic E-state index is -0.00574. The van der Waals surface area contributed by atoms with Crippen LogP contribution in [0.4, 0.5) is 5.69 Å². The molecule has 7 nitrogen and oxygen atoms in total. The van der Waals surface area contributed by atoms with Gasteiger partial charge in [-0.2, -0.15) is 16.7 Å². The van der Waals surface area contributed by atoms with Crippen molar-refractivity contribution in [2.75, 3.05) is 37.0 Å². The number of aryl methyl sites for hydroxylation is 2. The smallest absolute Gasteiger partial charge is 0.226 e. The number of thioether (sulfide) groups is 1. The van der Waals surface area contributed by atoms with E-state index in [4.69, 9.17) is 9.26 Å². The minimum Gasteiger partial charge on any atom is -0.497 e. The van der Waals surface area contributed by atoms with Gasteiger partial charge in [0.15, 0.2) is 0 Å². The second-order valence-corrected chi connectivity index (χ2v) is 9.40. The van der Waals surface area contributed by atoms with Gasteiger partial charge in [-0.05, 0) is 54.8 Å². The van der Waals surface area contributed by atoms with Crippen LogP contribution in [0, 0.1) is 6.92 Å². The fourth-order valence-electron chi connectivity index (χ4n) is 3.81. The average Bonchev–Trinajstić information content (AvgIpc) is 3.30. The third kappa shape index (κ3) is 6.58. The number of rotatable bonds is 9. The number of hydrogen-bond donors (Lipinski definition) is 1. The highest BCUT2D eigenvalue weighted by Gasteiger charge is 2.13. The second-order valence-electron chi connectivity index (χ2n) is 8.18. The number of methoxy groups -OCH3 is 1. The SMILES string of the molecule is COc1ccc(-c2noc(CCCC(=O)Nc3ccc(CN4CCSCC4)cc3C)n2)cc1. The summed E-state index contributed by atoms with van der Waals surface area (Å²) in [4.78, 5) is 19.4. The molecule has 8 heteroatoms. The van der Waals surface area contributed by atoms with Crippen molar-refractivity contribution in [3.63, 3.8) is 0 Å². The van der Waals surface area contributed by atoms with Crippen LogP contribution in [0.2, 0.25) is 0 Å². The van der Waals surface area contributed by atoms with E-state index < -0.39 is 0 Å². The second kappa shape index (κ2) is 11.3. The first-order chi connectivity index (χ1) is 16.1. The maximum atomic E-state index is 12.4. The zero-order valence-corrected chi connectivity index (χ0v) is 20.0. The van der Waals surface area contributed by atoms with Crippen molar-refractivity contribution in [2.45, 2.75) is 32.7 Å². The van der Waals surface area contributed by atoms with Crippen molar-refractivity contribution in [1.29, 1.82) is 0 Å². The maximum absolute atomic E-state index is 12.4. The Balaban J connectivity index is 1.23. The van der Waals surface area contributed by atoms with Gasteiger partial charge in [-0.15, -0.1) is 0 Å². The molecule has 33 heavy (non-hydrogen) atoms. The van der Waals surface area contributed by atoms with Gasteiger partial charge in [-0.25, -0.2) is 0 Å². The number of amides is 1. The molecule has 0 radical (unpaired) electrons. The number of carbonyl (C=O) groups is 1. The van der Waals surface area contributed by atoms with Crippen LogP contribution in [0.1, 0.15) is 29.9 Å². The third-order valence-corrected chi connectivity index (χ3v) is 6.63. The lowest BCUT2D eigenvalue weighted by Gasteiger charge is -2.26. The zero-order chi connectivity index (χ0) is 23.0. The number of ether oxygens (including phenoxy) is 1. The Kier molecular flexibility index (Phi) is 8.01. The predicted molar refractivity (Wildman–Crippen MR) is 132 cm³/mol. The van der Waals surface area contributed by atoms with E-state index in [0.717, 1.165) is 42.2 Å². The highest BCUT2D eigenvalue weighted by molar-refractivity contribution is 7.99. The van der Waals surface area contributed by atoms with E-state index in [1.54, 1.807) is 7.11 Å². The van der Waals surface area contributed by atoms with Gasteiger partial charge in [0, 0.05) is 55.2 Å². The monoisotopic (exact) mass is 466 g/mol. The Bertz CT molecular complexity index is 1060. The molecule has 0 unspecified atom stereocenters. The summed E-state index contributed by atoms with van der Waals surface area (Å²) in [6.45, 7) is 5.30. The molecule has 1 fully saturated rings. The van der Waals surface area contributed by atoms with Gasteiger partial charge in [-0.3, -0.25) is 9.69 Å². The molecule has 4 rings (SSSR count). The fourth-order valence-corrected chi connectivity index (χ4v) is 4.79. The largest absolute Gasteiger partial charge is 0.497 e. The minimum absolute atomic E-state index is 0.00574. The lowest BCUT2D eigenvalue weighted by atomic mass is 10.1. The molecule has 1 amide bonds. The van der Waals surface area contributed by atoms with E-state index in [0.29, 0.717) is 31.0 Å². The standard InChI is InChI=1S/C25H30N4O3S/c1-18-16-19(17-29-12-14-33-15-13-29)6-11-22(18)26-23(30)4-3-5-24-27-25(28-32-24)20-7-9-21(31-2)10-8-20/h6-11,16H,3-5,12-15,17H2,1-2H3,(H,26,30). The molecule has 1 saturated heterocycles. The molecular weight excluding hydrogens is 436 g/mol. The molecular formula is C25H30N4O3S.